The largest absolute Gasteiger partial charge is 0.477 e. The monoisotopic (exact) mass is 271 g/mol. The van der Waals surface area contributed by atoms with Gasteiger partial charge in [-0.2, -0.15) is 0 Å². The number of carboxylic acids is 1. The average Bonchev–Trinajstić information content (AvgIpc) is 2.46. The van der Waals surface area contributed by atoms with Crippen LogP contribution in [0.3, 0.4) is 0 Å². The number of piperazine rings is 1. The summed E-state index contributed by atoms with van der Waals surface area (Å²) in [7, 11) is 0. The second-order valence-electron chi connectivity index (χ2n) is 4.63. The second-order valence-corrected chi connectivity index (χ2v) is 4.63. The van der Waals surface area contributed by atoms with Gasteiger partial charge in [-0.1, -0.05) is 24.3 Å². The molecular weight excluding hydrogens is 258 g/mol. The number of pyridine rings is 1. The van der Waals surface area contributed by atoms with Crippen LogP contribution in [0.2, 0.25) is 0 Å². The molecule has 1 aromatic heterocycles. The van der Waals surface area contributed by atoms with Crippen LogP contribution in [0.25, 0.3) is 10.8 Å². The van der Waals surface area contributed by atoms with E-state index in [1.54, 1.807) is 6.07 Å². The Morgan fingerprint density at radius 3 is 2.90 bits per heavy atom. The lowest BCUT2D eigenvalue weighted by molar-refractivity contribution is -0.120. The van der Waals surface area contributed by atoms with Gasteiger partial charge in [0.2, 0.25) is 5.91 Å². The number of nitrogens with one attached hydrogen (secondary N) is 1. The van der Waals surface area contributed by atoms with Crippen LogP contribution in [-0.2, 0) is 4.79 Å². The molecule has 1 aromatic carbocycles. The van der Waals surface area contributed by atoms with Crippen LogP contribution in [0, 0.1) is 0 Å². The van der Waals surface area contributed by atoms with Gasteiger partial charge in [-0.25, -0.2) is 9.78 Å². The summed E-state index contributed by atoms with van der Waals surface area (Å²) in [6.07, 6.45) is 0. The van der Waals surface area contributed by atoms with E-state index in [-0.39, 0.29) is 18.1 Å². The fourth-order valence-corrected chi connectivity index (χ4v) is 2.35. The Labute approximate surface area is 115 Å². The van der Waals surface area contributed by atoms with Crippen molar-refractivity contribution in [2.75, 3.05) is 24.5 Å². The molecule has 102 valence electrons. The molecular formula is C14H13N3O3. The fourth-order valence-electron chi connectivity index (χ4n) is 2.35. The number of benzene rings is 1. The minimum absolute atomic E-state index is 0.00955. The smallest absolute Gasteiger partial charge is 0.354 e. The first kappa shape index (κ1) is 12.4. The third-order valence-electron chi connectivity index (χ3n) is 3.28. The van der Waals surface area contributed by atoms with Gasteiger partial charge in [0.15, 0.2) is 5.69 Å². The predicted molar refractivity (Wildman–Crippen MR) is 73.9 cm³/mol. The number of hydrogen-bond acceptors (Lipinski definition) is 4. The van der Waals surface area contributed by atoms with Gasteiger partial charge >= 0.3 is 5.97 Å². The molecule has 1 aliphatic rings. The van der Waals surface area contributed by atoms with Gasteiger partial charge in [0, 0.05) is 18.5 Å². The van der Waals surface area contributed by atoms with E-state index in [0.29, 0.717) is 18.9 Å². The molecule has 1 saturated heterocycles. The molecule has 6 heteroatoms. The Bertz CT molecular complexity index is 699. The summed E-state index contributed by atoms with van der Waals surface area (Å²) in [5.74, 6) is -0.600. The molecule has 0 radical (unpaired) electrons. The molecule has 2 heterocycles. The van der Waals surface area contributed by atoms with E-state index < -0.39 is 5.97 Å². The van der Waals surface area contributed by atoms with Crippen molar-refractivity contribution in [2.24, 2.45) is 0 Å². The first-order valence-electron chi connectivity index (χ1n) is 6.30. The summed E-state index contributed by atoms with van der Waals surface area (Å²) in [6.45, 7) is 1.35. The zero-order valence-electron chi connectivity index (χ0n) is 10.7. The lowest BCUT2D eigenvalue weighted by Gasteiger charge is -2.28. The minimum atomic E-state index is -1.07. The number of carbonyl (C=O) groups is 2. The lowest BCUT2D eigenvalue weighted by Crippen LogP contribution is -2.48. The molecule has 0 atom stereocenters. The molecule has 3 rings (SSSR count). The van der Waals surface area contributed by atoms with Gasteiger partial charge in [0.1, 0.15) is 5.82 Å². The maximum absolute atomic E-state index is 11.5. The van der Waals surface area contributed by atoms with Crippen LogP contribution >= 0.6 is 0 Å². The number of carbonyl (C=O) groups excluding carboxylic acids is 1. The Kier molecular flexibility index (Phi) is 2.98. The second kappa shape index (κ2) is 4.80. The van der Waals surface area contributed by atoms with E-state index in [9.17, 15) is 9.59 Å². The van der Waals surface area contributed by atoms with Crippen LogP contribution in [0.5, 0.6) is 0 Å². The van der Waals surface area contributed by atoms with Gasteiger partial charge in [-0.3, -0.25) is 4.79 Å². The first-order valence-corrected chi connectivity index (χ1v) is 6.30. The summed E-state index contributed by atoms with van der Waals surface area (Å²) in [5, 5.41) is 13.6. The molecule has 2 N–H and O–H groups in total. The molecule has 0 unspecified atom stereocenters. The van der Waals surface area contributed by atoms with Crippen LogP contribution in [0.1, 0.15) is 10.5 Å². The average molecular weight is 271 g/mol. The Hall–Kier alpha value is -2.63. The van der Waals surface area contributed by atoms with Gasteiger partial charge < -0.3 is 15.3 Å². The first-order chi connectivity index (χ1) is 9.65. The molecule has 2 aromatic rings. The lowest BCUT2D eigenvalue weighted by atomic mass is 10.1. The number of carboxylic acid groups (broad SMARTS) is 1. The van der Waals surface area contributed by atoms with Crippen LogP contribution < -0.4 is 10.2 Å². The number of hydrogen-bond donors (Lipinski definition) is 2. The van der Waals surface area contributed by atoms with Crippen molar-refractivity contribution in [3.63, 3.8) is 0 Å². The number of fused-ring (bicyclic) bond motifs is 1. The van der Waals surface area contributed by atoms with Crippen molar-refractivity contribution in [1.29, 1.82) is 0 Å². The van der Waals surface area contributed by atoms with Gasteiger partial charge in [-0.05, 0) is 11.5 Å². The summed E-state index contributed by atoms with van der Waals surface area (Å²) in [4.78, 5) is 28.7. The highest BCUT2D eigenvalue weighted by atomic mass is 16.4. The van der Waals surface area contributed by atoms with Gasteiger partial charge in [-0.15, -0.1) is 0 Å². The number of aromatic carboxylic acids is 1. The molecule has 6 nitrogen and oxygen atoms in total. The Balaban J connectivity index is 2.16. The van der Waals surface area contributed by atoms with E-state index in [1.807, 2.05) is 29.2 Å². The number of amides is 1. The Morgan fingerprint density at radius 1 is 1.35 bits per heavy atom. The number of aromatic nitrogens is 1. The molecule has 0 aliphatic carbocycles. The van der Waals surface area contributed by atoms with E-state index in [1.165, 1.54) is 0 Å². The highest BCUT2D eigenvalue weighted by Gasteiger charge is 2.21. The normalized spacial score (nSPS) is 15.2. The maximum Gasteiger partial charge on any atom is 0.354 e. The molecule has 0 bridgehead atoms. The zero-order chi connectivity index (χ0) is 14.1. The number of nitrogens with zero attached hydrogens (tertiary/aromatic N) is 2. The standard InChI is InChI=1S/C14H13N3O3/c18-12-8-17(6-5-15-12)13-10-4-2-1-3-9(10)7-11(16-13)14(19)20/h1-4,7H,5-6,8H2,(H,15,18)(H,19,20). The van der Waals surface area contributed by atoms with E-state index in [4.69, 9.17) is 5.11 Å². The van der Waals surface area contributed by atoms with Crippen molar-refractivity contribution in [1.82, 2.24) is 10.3 Å². The maximum atomic E-state index is 11.5. The van der Waals surface area contributed by atoms with Crippen LogP contribution in [0.15, 0.2) is 30.3 Å². The van der Waals surface area contributed by atoms with Crippen LogP contribution in [-0.4, -0.2) is 41.6 Å². The third kappa shape index (κ3) is 2.16. The molecule has 1 aliphatic heterocycles. The highest BCUT2D eigenvalue weighted by Crippen LogP contribution is 2.26. The fraction of sp³-hybridized carbons (Fsp3) is 0.214. The van der Waals surface area contributed by atoms with Crippen molar-refractivity contribution < 1.29 is 14.7 Å². The summed E-state index contributed by atoms with van der Waals surface area (Å²) < 4.78 is 0. The van der Waals surface area contributed by atoms with Crippen molar-refractivity contribution in [2.45, 2.75) is 0 Å². The summed E-state index contributed by atoms with van der Waals surface area (Å²) in [5.41, 5.74) is -0.00955. The molecule has 0 spiro atoms. The molecule has 1 amide bonds. The van der Waals surface area contributed by atoms with Gasteiger partial charge in [0.25, 0.3) is 0 Å². The van der Waals surface area contributed by atoms with Crippen molar-refractivity contribution in [3.05, 3.63) is 36.0 Å². The van der Waals surface area contributed by atoms with E-state index in [0.717, 1.165) is 10.8 Å². The number of anilines is 1. The zero-order valence-corrected chi connectivity index (χ0v) is 10.7. The molecule has 0 saturated carbocycles. The quantitative estimate of drug-likeness (QED) is 0.847. The third-order valence-corrected chi connectivity index (χ3v) is 3.28. The minimum Gasteiger partial charge on any atom is -0.477 e. The highest BCUT2D eigenvalue weighted by molar-refractivity contribution is 5.99. The molecule has 1 fully saturated rings. The predicted octanol–water partition coefficient (Wildman–Crippen LogP) is 0.869. The Morgan fingerprint density at radius 2 is 2.15 bits per heavy atom. The summed E-state index contributed by atoms with van der Waals surface area (Å²) in [6, 6.07) is 9.00. The van der Waals surface area contributed by atoms with Crippen molar-refractivity contribution in [3.8, 4) is 0 Å². The van der Waals surface area contributed by atoms with E-state index in [2.05, 4.69) is 10.3 Å². The van der Waals surface area contributed by atoms with E-state index >= 15 is 0 Å². The van der Waals surface area contributed by atoms with Crippen LogP contribution in [0.4, 0.5) is 5.82 Å². The summed E-state index contributed by atoms with van der Waals surface area (Å²) >= 11 is 0. The van der Waals surface area contributed by atoms with Gasteiger partial charge in [0.05, 0.1) is 6.54 Å². The number of rotatable bonds is 2. The topological polar surface area (TPSA) is 82.5 Å². The SMILES string of the molecule is O=C1CN(c2nc(C(=O)O)cc3ccccc23)CCN1. The molecule has 20 heavy (non-hydrogen) atoms. The van der Waals surface area contributed by atoms with Crippen molar-refractivity contribution >= 4 is 28.5 Å².